The van der Waals surface area contributed by atoms with Crippen LogP contribution in [0.15, 0.2) is 75.2 Å². The third-order valence-corrected chi connectivity index (χ3v) is 5.47. The SMILES string of the molecule is O=C(CSc1nc2cc(Cl)ccc2c(=O)n1Cc1ccco1)Nc1ccccc1F. The molecule has 30 heavy (non-hydrogen) atoms. The molecular formula is C21H15ClFN3O3S. The van der Waals surface area contributed by atoms with Gasteiger partial charge in [0.05, 0.1) is 35.2 Å². The highest BCUT2D eigenvalue weighted by atomic mass is 35.5. The fraction of sp³-hybridized carbons (Fsp3) is 0.0952. The number of nitrogens with one attached hydrogen (secondary N) is 1. The Labute approximate surface area is 179 Å². The van der Waals surface area contributed by atoms with Crippen molar-refractivity contribution in [3.05, 3.63) is 87.8 Å². The van der Waals surface area contributed by atoms with Crippen LogP contribution in [0.25, 0.3) is 10.9 Å². The maximum absolute atomic E-state index is 13.8. The Kier molecular flexibility index (Phi) is 5.87. The van der Waals surface area contributed by atoms with E-state index in [0.717, 1.165) is 11.8 Å². The molecule has 0 atom stereocenters. The summed E-state index contributed by atoms with van der Waals surface area (Å²) >= 11 is 7.11. The summed E-state index contributed by atoms with van der Waals surface area (Å²) in [6, 6.07) is 14.2. The van der Waals surface area contributed by atoms with Crippen molar-refractivity contribution in [3.63, 3.8) is 0 Å². The van der Waals surface area contributed by atoms with E-state index in [1.807, 2.05) is 0 Å². The van der Waals surface area contributed by atoms with E-state index in [2.05, 4.69) is 10.3 Å². The highest BCUT2D eigenvalue weighted by Gasteiger charge is 2.15. The van der Waals surface area contributed by atoms with Gasteiger partial charge in [-0.1, -0.05) is 35.5 Å². The smallest absolute Gasteiger partial charge is 0.262 e. The molecule has 6 nitrogen and oxygen atoms in total. The van der Waals surface area contributed by atoms with Crippen molar-refractivity contribution in [2.45, 2.75) is 11.7 Å². The number of anilines is 1. The van der Waals surface area contributed by atoms with Crippen LogP contribution in [-0.2, 0) is 11.3 Å². The Balaban J connectivity index is 1.63. The first-order chi connectivity index (χ1) is 14.5. The Morgan fingerprint density at radius 1 is 1.20 bits per heavy atom. The number of thioether (sulfide) groups is 1. The average Bonchev–Trinajstić information content (AvgIpc) is 3.23. The first-order valence-corrected chi connectivity index (χ1v) is 10.3. The number of benzene rings is 2. The average molecular weight is 444 g/mol. The second kappa shape index (κ2) is 8.73. The summed E-state index contributed by atoms with van der Waals surface area (Å²) in [6.45, 7) is 0.161. The number of para-hydroxylation sites is 1. The van der Waals surface area contributed by atoms with Crippen LogP contribution in [0, 0.1) is 5.82 Å². The van der Waals surface area contributed by atoms with Crippen molar-refractivity contribution in [1.82, 2.24) is 9.55 Å². The summed E-state index contributed by atoms with van der Waals surface area (Å²) in [4.78, 5) is 29.9. The molecule has 0 saturated heterocycles. The zero-order valence-corrected chi connectivity index (χ0v) is 17.0. The summed E-state index contributed by atoms with van der Waals surface area (Å²) < 4.78 is 20.6. The maximum Gasteiger partial charge on any atom is 0.262 e. The minimum Gasteiger partial charge on any atom is -0.467 e. The van der Waals surface area contributed by atoms with Crippen molar-refractivity contribution in [1.29, 1.82) is 0 Å². The number of hydrogen-bond acceptors (Lipinski definition) is 5. The molecule has 4 aromatic rings. The van der Waals surface area contributed by atoms with Crippen LogP contribution in [0.1, 0.15) is 5.76 Å². The Morgan fingerprint density at radius 3 is 2.80 bits per heavy atom. The van der Waals surface area contributed by atoms with Gasteiger partial charge in [-0.3, -0.25) is 14.2 Å². The van der Waals surface area contributed by atoms with Gasteiger partial charge in [-0.15, -0.1) is 0 Å². The third kappa shape index (κ3) is 4.39. The molecule has 0 radical (unpaired) electrons. The van der Waals surface area contributed by atoms with Crippen LogP contribution >= 0.6 is 23.4 Å². The van der Waals surface area contributed by atoms with Crippen LogP contribution in [-0.4, -0.2) is 21.2 Å². The lowest BCUT2D eigenvalue weighted by Crippen LogP contribution is -2.24. The van der Waals surface area contributed by atoms with Crippen LogP contribution in [0.2, 0.25) is 5.02 Å². The molecule has 0 fully saturated rings. The van der Waals surface area contributed by atoms with Crippen molar-refractivity contribution in [2.75, 3.05) is 11.1 Å². The largest absolute Gasteiger partial charge is 0.467 e. The first kappa shape index (κ1) is 20.2. The number of rotatable bonds is 6. The predicted octanol–water partition coefficient (Wildman–Crippen LogP) is 4.56. The highest BCUT2D eigenvalue weighted by Crippen LogP contribution is 2.22. The number of nitrogens with zero attached hydrogens (tertiary/aromatic N) is 2. The van der Waals surface area contributed by atoms with Gasteiger partial charge in [-0.05, 0) is 42.5 Å². The van der Waals surface area contributed by atoms with Crippen LogP contribution in [0.5, 0.6) is 0 Å². The molecule has 152 valence electrons. The summed E-state index contributed by atoms with van der Waals surface area (Å²) in [5.74, 6) is -0.436. The molecule has 0 unspecified atom stereocenters. The van der Waals surface area contributed by atoms with Crippen LogP contribution in [0.3, 0.4) is 0 Å². The van der Waals surface area contributed by atoms with Crippen molar-refractivity contribution >= 4 is 45.9 Å². The fourth-order valence-corrected chi connectivity index (χ4v) is 3.83. The lowest BCUT2D eigenvalue weighted by Gasteiger charge is -2.12. The molecule has 0 bridgehead atoms. The number of fused-ring (bicyclic) bond motifs is 1. The minimum absolute atomic E-state index is 0.0645. The van der Waals surface area contributed by atoms with Crippen molar-refractivity contribution in [3.8, 4) is 0 Å². The standard InChI is InChI=1S/C21H15ClFN3O3S/c22-13-7-8-15-18(10-13)25-21(26(20(15)28)11-14-4-3-9-29-14)30-12-19(27)24-17-6-2-1-5-16(17)23/h1-10H,11-12H2,(H,24,27). The lowest BCUT2D eigenvalue weighted by atomic mass is 10.2. The second-order valence-electron chi connectivity index (χ2n) is 6.34. The van der Waals surface area contributed by atoms with E-state index in [4.69, 9.17) is 16.0 Å². The molecule has 0 aliphatic rings. The summed E-state index contributed by atoms with van der Waals surface area (Å²) in [6.07, 6.45) is 1.52. The zero-order valence-electron chi connectivity index (χ0n) is 15.5. The number of halogens is 2. The van der Waals surface area contributed by atoms with Gasteiger partial charge in [0.25, 0.3) is 5.56 Å². The monoisotopic (exact) mass is 443 g/mol. The van der Waals surface area contributed by atoms with Gasteiger partial charge in [0.1, 0.15) is 11.6 Å². The van der Waals surface area contributed by atoms with E-state index in [0.29, 0.717) is 26.8 Å². The van der Waals surface area contributed by atoms with Gasteiger partial charge in [0.15, 0.2) is 5.16 Å². The summed E-state index contributed by atoms with van der Waals surface area (Å²) in [7, 11) is 0. The van der Waals surface area contributed by atoms with E-state index < -0.39 is 11.7 Å². The van der Waals surface area contributed by atoms with Gasteiger partial charge in [-0.25, -0.2) is 9.37 Å². The molecule has 4 rings (SSSR count). The van der Waals surface area contributed by atoms with Gasteiger partial charge in [0, 0.05) is 5.02 Å². The lowest BCUT2D eigenvalue weighted by molar-refractivity contribution is -0.113. The number of carbonyl (C=O) groups excluding carboxylic acids is 1. The van der Waals surface area contributed by atoms with E-state index in [9.17, 15) is 14.0 Å². The molecule has 0 spiro atoms. The van der Waals surface area contributed by atoms with Gasteiger partial charge in [-0.2, -0.15) is 0 Å². The highest BCUT2D eigenvalue weighted by molar-refractivity contribution is 7.99. The Hall–Kier alpha value is -3.10. The van der Waals surface area contributed by atoms with Crippen LogP contribution < -0.4 is 10.9 Å². The molecule has 1 N–H and O–H groups in total. The predicted molar refractivity (Wildman–Crippen MR) is 115 cm³/mol. The number of aromatic nitrogens is 2. The number of carbonyl (C=O) groups is 1. The van der Waals surface area contributed by atoms with E-state index in [1.165, 1.54) is 29.0 Å². The van der Waals surface area contributed by atoms with Gasteiger partial charge >= 0.3 is 0 Å². The molecule has 0 aliphatic carbocycles. The summed E-state index contributed by atoms with van der Waals surface area (Å²) in [5, 5.41) is 3.70. The fourth-order valence-electron chi connectivity index (χ4n) is 2.86. The van der Waals surface area contributed by atoms with Crippen LogP contribution in [0.4, 0.5) is 10.1 Å². The van der Waals surface area contributed by atoms with E-state index in [-0.39, 0.29) is 23.5 Å². The number of amides is 1. The molecule has 9 heteroatoms. The quantitative estimate of drug-likeness (QED) is 0.349. The topological polar surface area (TPSA) is 77.1 Å². The minimum atomic E-state index is -0.524. The van der Waals surface area contributed by atoms with Crippen molar-refractivity contribution < 1.29 is 13.6 Å². The van der Waals surface area contributed by atoms with Gasteiger partial charge in [0.2, 0.25) is 5.91 Å². The van der Waals surface area contributed by atoms with Crippen molar-refractivity contribution in [2.24, 2.45) is 0 Å². The van der Waals surface area contributed by atoms with E-state index in [1.54, 1.807) is 36.4 Å². The first-order valence-electron chi connectivity index (χ1n) is 8.91. The Bertz CT molecular complexity index is 1270. The number of furan rings is 1. The molecule has 0 aliphatic heterocycles. The molecular weight excluding hydrogens is 429 g/mol. The second-order valence-corrected chi connectivity index (χ2v) is 7.72. The molecule has 2 heterocycles. The Morgan fingerprint density at radius 2 is 2.03 bits per heavy atom. The normalized spacial score (nSPS) is 11.0. The molecule has 1 amide bonds. The summed E-state index contributed by atoms with van der Waals surface area (Å²) in [5.41, 5.74) is 0.250. The maximum atomic E-state index is 13.8. The molecule has 0 saturated carbocycles. The zero-order chi connectivity index (χ0) is 21.1. The number of hydrogen-bond donors (Lipinski definition) is 1. The molecule has 2 aromatic carbocycles. The molecule has 2 aromatic heterocycles. The van der Waals surface area contributed by atoms with Gasteiger partial charge < -0.3 is 9.73 Å². The van der Waals surface area contributed by atoms with E-state index >= 15 is 0 Å². The third-order valence-electron chi connectivity index (χ3n) is 4.26.